The van der Waals surface area contributed by atoms with Crippen LogP contribution in [0.1, 0.15) is 59.8 Å². The van der Waals surface area contributed by atoms with Crippen molar-refractivity contribution in [3.05, 3.63) is 24.3 Å². The van der Waals surface area contributed by atoms with Crippen molar-refractivity contribution in [2.24, 2.45) is 0 Å². The summed E-state index contributed by atoms with van der Waals surface area (Å²) < 4.78 is 12.4. The Balaban J connectivity index is 1.80. The van der Waals surface area contributed by atoms with Crippen LogP contribution in [0.25, 0.3) is 0 Å². The molecule has 1 aromatic carbocycles. The zero-order chi connectivity index (χ0) is 15.8. The van der Waals surface area contributed by atoms with Crippen molar-refractivity contribution in [2.75, 3.05) is 5.32 Å². The van der Waals surface area contributed by atoms with Gasteiger partial charge in [0.25, 0.3) is 0 Å². The molecule has 3 nitrogen and oxygen atoms in total. The molecule has 120 valence electrons. The van der Waals surface area contributed by atoms with Gasteiger partial charge < -0.3 is 14.6 Å². The molecule has 22 heavy (non-hydrogen) atoms. The lowest BCUT2D eigenvalue weighted by Gasteiger charge is -2.32. The Labute approximate surface area is 134 Å². The molecule has 0 spiro atoms. The normalized spacial score (nSPS) is 24.5. The standard InChI is InChI=1S/C18H28BNO2/c1-17(2)18(3,4)22-19(21-17)15-12-8-9-13-16(15)20-14-10-6-5-7-11-14/h8-9,12-14,20H,5-7,10-11H2,1-4H3. The third-order valence-corrected chi connectivity index (χ3v) is 5.43. The number of benzene rings is 1. The molecule has 1 N–H and O–H groups in total. The van der Waals surface area contributed by atoms with Gasteiger partial charge in [-0.2, -0.15) is 0 Å². The first kappa shape index (κ1) is 15.9. The molecule has 0 bridgehead atoms. The van der Waals surface area contributed by atoms with E-state index in [-0.39, 0.29) is 18.3 Å². The van der Waals surface area contributed by atoms with Gasteiger partial charge in [-0.1, -0.05) is 37.5 Å². The third kappa shape index (κ3) is 3.04. The van der Waals surface area contributed by atoms with Crippen LogP contribution in [0.3, 0.4) is 0 Å². The van der Waals surface area contributed by atoms with E-state index in [0.717, 1.165) is 11.2 Å². The number of para-hydroxylation sites is 1. The van der Waals surface area contributed by atoms with E-state index in [1.807, 2.05) is 0 Å². The summed E-state index contributed by atoms with van der Waals surface area (Å²) in [6, 6.07) is 8.99. The lowest BCUT2D eigenvalue weighted by Crippen LogP contribution is -2.41. The minimum absolute atomic E-state index is 0.294. The Bertz CT molecular complexity index is 508. The Kier molecular flexibility index (Phi) is 4.26. The van der Waals surface area contributed by atoms with E-state index in [2.05, 4.69) is 57.3 Å². The molecular formula is C18H28BNO2. The second-order valence-electron chi connectivity index (χ2n) is 7.65. The minimum Gasteiger partial charge on any atom is -0.399 e. The van der Waals surface area contributed by atoms with Crippen LogP contribution < -0.4 is 10.8 Å². The molecule has 1 saturated heterocycles. The topological polar surface area (TPSA) is 30.5 Å². The van der Waals surface area contributed by atoms with E-state index < -0.39 is 0 Å². The number of hydrogen-bond acceptors (Lipinski definition) is 3. The quantitative estimate of drug-likeness (QED) is 0.863. The van der Waals surface area contributed by atoms with E-state index in [9.17, 15) is 0 Å². The van der Waals surface area contributed by atoms with E-state index in [0.29, 0.717) is 6.04 Å². The molecule has 1 heterocycles. The number of anilines is 1. The molecule has 1 saturated carbocycles. The Morgan fingerprint density at radius 2 is 1.55 bits per heavy atom. The fourth-order valence-corrected chi connectivity index (χ4v) is 3.27. The summed E-state index contributed by atoms with van der Waals surface area (Å²) in [5.41, 5.74) is 1.69. The highest BCUT2D eigenvalue weighted by atomic mass is 16.7. The van der Waals surface area contributed by atoms with Crippen molar-refractivity contribution >= 4 is 18.3 Å². The molecule has 1 aliphatic carbocycles. The van der Waals surface area contributed by atoms with Crippen molar-refractivity contribution in [3.8, 4) is 0 Å². The number of nitrogens with one attached hydrogen (secondary N) is 1. The van der Waals surface area contributed by atoms with E-state index >= 15 is 0 Å². The Hall–Kier alpha value is -0.995. The van der Waals surface area contributed by atoms with Crippen LogP contribution in [0.2, 0.25) is 0 Å². The first-order chi connectivity index (χ1) is 10.4. The number of rotatable bonds is 3. The summed E-state index contributed by atoms with van der Waals surface area (Å²) in [6.45, 7) is 8.41. The van der Waals surface area contributed by atoms with Crippen LogP contribution in [0.15, 0.2) is 24.3 Å². The summed E-state index contributed by atoms with van der Waals surface area (Å²) in [7, 11) is -0.294. The van der Waals surface area contributed by atoms with Gasteiger partial charge in [0.1, 0.15) is 0 Å². The Morgan fingerprint density at radius 1 is 0.955 bits per heavy atom. The summed E-state index contributed by atoms with van der Waals surface area (Å²) in [4.78, 5) is 0. The predicted octanol–water partition coefficient (Wildman–Crippen LogP) is 3.73. The van der Waals surface area contributed by atoms with Crippen molar-refractivity contribution in [1.29, 1.82) is 0 Å². The van der Waals surface area contributed by atoms with Gasteiger partial charge in [0.2, 0.25) is 0 Å². The second kappa shape index (κ2) is 5.90. The molecule has 0 atom stereocenters. The van der Waals surface area contributed by atoms with Crippen molar-refractivity contribution in [2.45, 2.75) is 77.0 Å². The molecule has 2 fully saturated rings. The SMILES string of the molecule is CC1(C)OB(c2ccccc2NC2CCCCC2)OC1(C)C. The van der Waals surface area contributed by atoms with Crippen LogP contribution in [-0.4, -0.2) is 24.4 Å². The van der Waals surface area contributed by atoms with Gasteiger partial charge in [0, 0.05) is 17.2 Å². The summed E-state index contributed by atoms with van der Waals surface area (Å²) >= 11 is 0. The molecule has 1 aliphatic heterocycles. The molecule has 0 aromatic heterocycles. The first-order valence-corrected chi connectivity index (χ1v) is 8.60. The van der Waals surface area contributed by atoms with Crippen LogP contribution in [0.5, 0.6) is 0 Å². The van der Waals surface area contributed by atoms with Crippen LogP contribution in [0, 0.1) is 0 Å². The van der Waals surface area contributed by atoms with Crippen LogP contribution in [0.4, 0.5) is 5.69 Å². The molecule has 0 amide bonds. The second-order valence-corrected chi connectivity index (χ2v) is 7.65. The van der Waals surface area contributed by atoms with Crippen LogP contribution in [-0.2, 0) is 9.31 Å². The van der Waals surface area contributed by atoms with E-state index in [4.69, 9.17) is 9.31 Å². The zero-order valence-electron chi connectivity index (χ0n) is 14.3. The van der Waals surface area contributed by atoms with Gasteiger partial charge in [0.15, 0.2) is 0 Å². The number of hydrogen-bond donors (Lipinski definition) is 1. The maximum atomic E-state index is 6.22. The van der Waals surface area contributed by atoms with Crippen LogP contribution >= 0.6 is 0 Å². The average molecular weight is 301 g/mol. The van der Waals surface area contributed by atoms with Crippen molar-refractivity contribution in [1.82, 2.24) is 0 Å². The fourth-order valence-electron chi connectivity index (χ4n) is 3.27. The van der Waals surface area contributed by atoms with Gasteiger partial charge in [-0.3, -0.25) is 0 Å². The predicted molar refractivity (Wildman–Crippen MR) is 92.7 cm³/mol. The average Bonchev–Trinajstić information content (AvgIpc) is 2.69. The molecule has 0 radical (unpaired) electrons. The fraction of sp³-hybridized carbons (Fsp3) is 0.667. The van der Waals surface area contributed by atoms with Crippen molar-refractivity contribution < 1.29 is 9.31 Å². The third-order valence-electron chi connectivity index (χ3n) is 5.43. The van der Waals surface area contributed by atoms with Gasteiger partial charge in [-0.25, -0.2) is 0 Å². The molecule has 3 rings (SSSR count). The molecular weight excluding hydrogens is 273 g/mol. The highest BCUT2D eigenvalue weighted by molar-refractivity contribution is 6.63. The molecule has 0 unspecified atom stereocenters. The summed E-state index contributed by atoms with van der Waals surface area (Å²) in [5.74, 6) is 0. The van der Waals surface area contributed by atoms with Gasteiger partial charge >= 0.3 is 7.12 Å². The minimum atomic E-state index is -0.296. The van der Waals surface area contributed by atoms with Crippen molar-refractivity contribution in [3.63, 3.8) is 0 Å². The van der Waals surface area contributed by atoms with Gasteiger partial charge in [-0.05, 0) is 46.6 Å². The Morgan fingerprint density at radius 3 is 2.18 bits per heavy atom. The smallest absolute Gasteiger partial charge is 0.399 e. The first-order valence-electron chi connectivity index (χ1n) is 8.60. The maximum Gasteiger partial charge on any atom is 0.496 e. The van der Waals surface area contributed by atoms with E-state index in [1.54, 1.807) is 0 Å². The monoisotopic (exact) mass is 301 g/mol. The lowest BCUT2D eigenvalue weighted by atomic mass is 9.77. The lowest BCUT2D eigenvalue weighted by molar-refractivity contribution is 0.00578. The molecule has 1 aromatic rings. The molecule has 4 heteroatoms. The van der Waals surface area contributed by atoms with E-state index in [1.165, 1.54) is 32.1 Å². The maximum absolute atomic E-state index is 6.22. The summed E-state index contributed by atoms with van der Waals surface area (Å²) in [5, 5.41) is 3.72. The highest BCUT2D eigenvalue weighted by Crippen LogP contribution is 2.37. The zero-order valence-corrected chi connectivity index (χ0v) is 14.3. The largest absolute Gasteiger partial charge is 0.496 e. The highest BCUT2D eigenvalue weighted by Gasteiger charge is 2.52. The van der Waals surface area contributed by atoms with Gasteiger partial charge in [0.05, 0.1) is 11.2 Å². The summed E-state index contributed by atoms with van der Waals surface area (Å²) in [6.07, 6.45) is 6.55. The van der Waals surface area contributed by atoms with Gasteiger partial charge in [-0.15, -0.1) is 0 Å². The molecule has 2 aliphatic rings.